The summed E-state index contributed by atoms with van der Waals surface area (Å²) in [5, 5.41) is 0. The second kappa shape index (κ2) is 11.2. The number of hydrogen-bond acceptors (Lipinski definition) is 3. The fourth-order valence-electron chi connectivity index (χ4n) is 3.86. The second-order valence-electron chi connectivity index (χ2n) is 7.82. The molecule has 30 heavy (non-hydrogen) atoms. The van der Waals surface area contributed by atoms with Gasteiger partial charge in [-0.25, -0.2) is 0 Å². The average Bonchev–Trinajstić information content (AvgIpc) is 2.76. The predicted molar refractivity (Wildman–Crippen MR) is 123 cm³/mol. The molecule has 2 heterocycles. The number of carbonyl (C=O) groups is 1. The Morgan fingerprint density at radius 3 is 1.97 bits per heavy atom. The number of para-hydroxylation sites is 1. The number of hydrogen-bond donors (Lipinski definition) is 0. The van der Waals surface area contributed by atoms with Crippen molar-refractivity contribution >= 4 is 11.6 Å². The minimum absolute atomic E-state index is 0.206. The van der Waals surface area contributed by atoms with Gasteiger partial charge in [0, 0.05) is 43.4 Å². The lowest BCUT2D eigenvalue weighted by atomic mass is 10.0. The van der Waals surface area contributed by atoms with Crippen LogP contribution < -0.4 is 4.90 Å². The molecule has 0 aliphatic heterocycles. The first-order chi connectivity index (χ1) is 14.6. The summed E-state index contributed by atoms with van der Waals surface area (Å²) in [6, 6.07) is 14.3. The van der Waals surface area contributed by atoms with Gasteiger partial charge in [-0.05, 0) is 80.3 Å². The maximum Gasteiger partial charge on any atom is 0.227 e. The van der Waals surface area contributed by atoms with Crippen LogP contribution in [0.3, 0.4) is 0 Å². The Balaban J connectivity index is 1.62. The van der Waals surface area contributed by atoms with Crippen LogP contribution in [0.4, 0.5) is 5.69 Å². The van der Waals surface area contributed by atoms with Gasteiger partial charge >= 0.3 is 0 Å². The molecule has 0 fully saturated rings. The zero-order valence-corrected chi connectivity index (χ0v) is 18.1. The van der Waals surface area contributed by atoms with Gasteiger partial charge in [0.05, 0.1) is 0 Å². The molecule has 4 nitrogen and oxygen atoms in total. The number of benzene rings is 1. The fraction of sp³-hybridized carbons (Fsp3) is 0.346. The van der Waals surface area contributed by atoms with E-state index in [2.05, 4.69) is 54.1 Å². The summed E-state index contributed by atoms with van der Waals surface area (Å²) in [5.41, 5.74) is 5.82. The fourth-order valence-corrected chi connectivity index (χ4v) is 3.86. The molecule has 4 heteroatoms. The van der Waals surface area contributed by atoms with E-state index in [0.717, 1.165) is 55.5 Å². The van der Waals surface area contributed by atoms with Crippen molar-refractivity contribution in [1.82, 2.24) is 9.97 Å². The largest absolute Gasteiger partial charge is 0.312 e. The predicted octanol–water partition coefficient (Wildman–Crippen LogP) is 5.47. The van der Waals surface area contributed by atoms with Crippen molar-refractivity contribution in [3.05, 3.63) is 89.5 Å². The molecule has 0 aliphatic carbocycles. The summed E-state index contributed by atoms with van der Waals surface area (Å²) < 4.78 is 0. The van der Waals surface area contributed by atoms with E-state index in [1.807, 2.05) is 29.4 Å². The van der Waals surface area contributed by atoms with Gasteiger partial charge in [0.1, 0.15) is 0 Å². The van der Waals surface area contributed by atoms with Gasteiger partial charge in [-0.2, -0.15) is 0 Å². The summed E-state index contributed by atoms with van der Waals surface area (Å²) in [5.74, 6) is 0.206. The topological polar surface area (TPSA) is 46.1 Å². The van der Waals surface area contributed by atoms with Gasteiger partial charge in [-0.1, -0.05) is 30.3 Å². The Morgan fingerprint density at radius 1 is 0.800 bits per heavy atom. The van der Waals surface area contributed by atoms with Crippen molar-refractivity contribution in [2.75, 3.05) is 11.4 Å². The quantitative estimate of drug-likeness (QED) is 0.423. The number of unbranched alkanes of at least 4 members (excludes halogenated alkanes) is 1. The van der Waals surface area contributed by atoms with Crippen molar-refractivity contribution in [3.63, 3.8) is 0 Å². The third kappa shape index (κ3) is 6.24. The van der Waals surface area contributed by atoms with Gasteiger partial charge in [-0.15, -0.1) is 0 Å². The summed E-state index contributed by atoms with van der Waals surface area (Å²) in [6.45, 7) is 4.93. The van der Waals surface area contributed by atoms with Crippen molar-refractivity contribution in [2.45, 2.75) is 52.4 Å². The van der Waals surface area contributed by atoms with Gasteiger partial charge in [0.25, 0.3) is 0 Å². The number of carbonyl (C=O) groups excluding carboxylic acids is 1. The van der Waals surface area contributed by atoms with Crippen LogP contribution in [0.15, 0.2) is 67.3 Å². The maximum absolute atomic E-state index is 13.2. The molecule has 0 N–H and O–H groups in total. The number of pyridine rings is 2. The van der Waals surface area contributed by atoms with Gasteiger partial charge in [0.15, 0.2) is 0 Å². The Labute approximate surface area is 180 Å². The zero-order chi connectivity index (χ0) is 21.2. The molecule has 0 unspecified atom stereocenters. The normalized spacial score (nSPS) is 10.7. The van der Waals surface area contributed by atoms with Crippen LogP contribution in [-0.2, 0) is 17.6 Å². The molecular formula is C26H31N3O. The number of aromatic nitrogens is 2. The van der Waals surface area contributed by atoms with Gasteiger partial charge in [-0.3, -0.25) is 14.8 Å². The number of rotatable bonds is 10. The van der Waals surface area contributed by atoms with Crippen LogP contribution in [0.1, 0.15) is 47.9 Å². The van der Waals surface area contributed by atoms with Crippen molar-refractivity contribution < 1.29 is 4.79 Å². The van der Waals surface area contributed by atoms with Crippen LogP contribution >= 0.6 is 0 Å². The van der Waals surface area contributed by atoms with Crippen molar-refractivity contribution in [1.29, 1.82) is 0 Å². The van der Waals surface area contributed by atoms with Gasteiger partial charge < -0.3 is 4.90 Å². The first-order valence-corrected chi connectivity index (χ1v) is 10.8. The number of aryl methyl sites for hydroxylation is 4. The molecule has 1 aromatic carbocycles. The molecule has 1 amide bonds. The highest BCUT2D eigenvalue weighted by atomic mass is 16.2. The summed E-state index contributed by atoms with van der Waals surface area (Å²) in [6.07, 6.45) is 12.6. The molecule has 2 aromatic heterocycles. The lowest BCUT2D eigenvalue weighted by Crippen LogP contribution is -2.33. The lowest BCUT2D eigenvalue weighted by molar-refractivity contribution is -0.118. The van der Waals surface area contributed by atoms with Crippen LogP contribution in [0.2, 0.25) is 0 Å². The maximum atomic E-state index is 13.2. The van der Waals surface area contributed by atoms with E-state index in [1.165, 1.54) is 11.1 Å². The van der Waals surface area contributed by atoms with Crippen LogP contribution in [0.5, 0.6) is 0 Å². The minimum atomic E-state index is 0.206. The molecular weight excluding hydrogens is 370 g/mol. The van der Waals surface area contributed by atoms with Crippen LogP contribution in [-0.4, -0.2) is 22.4 Å². The second-order valence-corrected chi connectivity index (χ2v) is 7.82. The van der Waals surface area contributed by atoms with E-state index < -0.39 is 0 Å². The van der Waals surface area contributed by atoms with Crippen LogP contribution in [0, 0.1) is 13.8 Å². The molecule has 3 aromatic rings. The molecule has 0 spiro atoms. The van der Waals surface area contributed by atoms with Gasteiger partial charge in [0.2, 0.25) is 5.91 Å². The number of amides is 1. The Bertz CT molecular complexity index is 905. The highest BCUT2D eigenvalue weighted by Gasteiger charge is 2.18. The molecule has 0 atom stereocenters. The Morgan fingerprint density at radius 2 is 1.40 bits per heavy atom. The smallest absolute Gasteiger partial charge is 0.227 e. The third-order valence-corrected chi connectivity index (χ3v) is 5.41. The SMILES string of the molecule is Cc1cccc(C)c1N(CCCCc1cccnc1)C(=O)CCCc1cccnc1. The van der Waals surface area contributed by atoms with E-state index in [9.17, 15) is 4.79 Å². The van der Waals surface area contributed by atoms with E-state index in [1.54, 1.807) is 12.4 Å². The summed E-state index contributed by atoms with van der Waals surface area (Å²) in [4.78, 5) is 23.6. The molecule has 156 valence electrons. The molecule has 0 saturated heterocycles. The summed E-state index contributed by atoms with van der Waals surface area (Å²) >= 11 is 0. The highest BCUT2D eigenvalue weighted by Crippen LogP contribution is 2.26. The van der Waals surface area contributed by atoms with Crippen molar-refractivity contribution in [2.24, 2.45) is 0 Å². The molecule has 0 saturated carbocycles. The number of nitrogens with zero attached hydrogens (tertiary/aromatic N) is 3. The lowest BCUT2D eigenvalue weighted by Gasteiger charge is -2.26. The molecule has 0 radical (unpaired) electrons. The van der Waals surface area contributed by atoms with E-state index in [0.29, 0.717) is 6.42 Å². The molecule has 3 rings (SSSR count). The van der Waals surface area contributed by atoms with E-state index in [4.69, 9.17) is 0 Å². The first-order valence-electron chi connectivity index (χ1n) is 10.8. The Hall–Kier alpha value is -3.01. The first kappa shape index (κ1) is 21.7. The van der Waals surface area contributed by atoms with E-state index >= 15 is 0 Å². The third-order valence-electron chi connectivity index (χ3n) is 5.41. The minimum Gasteiger partial charge on any atom is -0.312 e. The van der Waals surface area contributed by atoms with E-state index in [-0.39, 0.29) is 5.91 Å². The average molecular weight is 402 g/mol. The molecule has 0 aliphatic rings. The zero-order valence-electron chi connectivity index (χ0n) is 18.1. The van der Waals surface area contributed by atoms with Crippen molar-refractivity contribution in [3.8, 4) is 0 Å². The van der Waals surface area contributed by atoms with Crippen LogP contribution in [0.25, 0.3) is 0 Å². The highest BCUT2D eigenvalue weighted by molar-refractivity contribution is 5.94. The Kier molecular flexibility index (Phi) is 8.13. The standard InChI is InChI=1S/C26H31N3O/c1-21-9-5-10-22(2)26(21)29(18-4-3-11-23-13-7-16-27-19-23)25(30)15-6-12-24-14-8-17-28-20-24/h5,7-10,13-14,16-17,19-20H,3-4,6,11-12,15,18H2,1-2H3. The number of anilines is 1. The monoisotopic (exact) mass is 401 g/mol. The summed E-state index contributed by atoms with van der Waals surface area (Å²) in [7, 11) is 0. The molecule has 0 bridgehead atoms.